The van der Waals surface area contributed by atoms with E-state index in [9.17, 15) is 4.79 Å². The van der Waals surface area contributed by atoms with Crippen LogP contribution in [-0.2, 0) is 6.54 Å². The number of benzene rings is 2. The molecule has 1 aliphatic heterocycles. The highest BCUT2D eigenvalue weighted by atomic mass is 16.2. The van der Waals surface area contributed by atoms with Gasteiger partial charge in [-0.15, -0.1) is 0 Å². The smallest absolute Gasteiger partial charge is 0.273 e. The Bertz CT molecular complexity index is 1020. The Balaban J connectivity index is 1.44. The van der Waals surface area contributed by atoms with Gasteiger partial charge in [0.15, 0.2) is 0 Å². The molecule has 1 fully saturated rings. The van der Waals surface area contributed by atoms with Gasteiger partial charge in [-0.2, -0.15) is 5.26 Å². The summed E-state index contributed by atoms with van der Waals surface area (Å²) in [6.07, 6.45) is 2.65. The summed E-state index contributed by atoms with van der Waals surface area (Å²) in [5.41, 5.74) is 2.41. The largest absolute Gasteiger partial charge is 0.336 e. The van der Waals surface area contributed by atoms with Crippen LogP contribution in [0.2, 0.25) is 0 Å². The monoisotopic (exact) mass is 370 g/mol. The molecule has 2 aromatic carbocycles. The van der Waals surface area contributed by atoms with Gasteiger partial charge in [0.05, 0.1) is 11.6 Å². The molecule has 0 saturated carbocycles. The summed E-state index contributed by atoms with van der Waals surface area (Å²) in [5, 5.41) is 10.9. The summed E-state index contributed by atoms with van der Waals surface area (Å²) < 4.78 is 0. The van der Waals surface area contributed by atoms with Gasteiger partial charge in [0.25, 0.3) is 5.91 Å². The Morgan fingerprint density at radius 3 is 2.64 bits per heavy atom. The lowest BCUT2D eigenvalue weighted by Gasteiger charge is -2.22. The Hall–Kier alpha value is -3.23. The van der Waals surface area contributed by atoms with E-state index >= 15 is 0 Å². The maximum atomic E-state index is 13.1. The van der Waals surface area contributed by atoms with Crippen molar-refractivity contribution in [3.63, 3.8) is 0 Å². The Morgan fingerprint density at radius 2 is 1.82 bits per heavy atom. The molecular formula is C23H22N4O. The average molecular weight is 370 g/mol. The summed E-state index contributed by atoms with van der Waals surface area (Å²) in [6, 6.07) is 19.7. The lowest BCUT2D eigenvalue weighted by atomic mass is 10.1. The molecule has 0 unspecified atom stereocenters. The van der Waals surface area contributed by atoms with Crippen LogP contribution in [0.3, 0.4) is 0 Å². The second kappa shape index (κ2) is 8.20. The van der Waals surface area contributed by atoms with Crippen LogP contribution < -0.4 is 0 Å². The standard InChI is InChI=1S/C23H22N4O/c24-16-18-6-8-19(9-7-18)17-26-12-3-13-27(15-14-26)23(28)22-21-5-2-1-4-20(21)10-11-25-22/h1-2,4-11H,3,12-15,17H2. The van der Waals surface area contributed by atoms with E-state index in [1.54, 1.807) is 6.20 Å². The number of pyridine rings is 1. The van der Waals surface area contributed by atoms with Crippen LogP contribution in [0.5, 0.6) is 0 Å². The van der Waals surface area contributed by atoms with E-state index in [4.69, 9.17) is 5.26 Å². The summed E-state index contributed by atoms with van der Waals surface area (Å²) in [7, 11) is 0. The first-order valence-corrected chi connectivity index (χ1v) is 9.59. The minimum absolute atomic E-state index is 0.0111. The van der Waals surface area contributed by atoms with E-state index in [0.717, 1.165) is 43.4 Å². The summed E-state index contributed by atoms with van der Waals surface area (Å²) in [4.78, 5) is 21.8. The van der Waals surface area contributed by atoms with Crippen LogP contribution in [0.4, 0.5) is 0 Å². The van der Waals surface area contributed by atoms with Gasteiger partial charge in [-0.25, -0.2) is 0 Å². The van der Waals surface area contributed by atoms with Crippen molar-refractivity contribution in [1.29, 1.82) is 5.26 Å². The maximum Gasteiger partial charge on any atom is 0.273 e. The van der Waals surface area contributed by atoms with Gasteiger partial charge in [0, 0.05) is 44.3 Å². The summed E-state index contributed by atoms with van der Waals surface area (Å²) in [6.45, 7) is 4.05. The third-order valence-corrected chi connectivity index (χ3v) is 5.24. The number of hydrogen-bond acceptors (Lipinski definition) is 4. The van der Waals surface area contributed by atoms with Crippen LogP contribution in [0, 0.1) is 11.3 Å². The van der Waals surface area contributed by atoms with Gasteiger partial charge in [-0.1, -0.05) is 36.4 Å². The number of hydrogen-bond donors (Lipinski definition) is 0. The fourth-order valence-electron chi connectivity index (χ4n) is 3.71. The van der Waals surface area contributed by atoms with E-state index in [2.05, 4.69) is 16.0 Å². The number of nitriles is 1. The van der Waals surface area contributed by atoms with E-state index in [0.29, 0.717) is 17.8 Å². The number of amides is 1. The van der Waals surface area contributed by atoms with Gasteiger partial charge in [0.1, 0.15) is 5.69 Å². The molecule has 0 spiro atoms. The molecule has 0 radical (unpaired) electrons. The number of aromatic nitrogens is 1. The summed E-state index contributed by atoms with van der Waals surface area (Å²) >= 11 is 0. The number of carbonyl (C=O) groups is 1. The molecule has 5 heteroatoms. The molecule has 1 saturated heterocycles. The lowest BCUT2D eigenvalue weighted by molar-refractivity contribution is 0.0757. The third-order valence-electron chi connectivity index (χ3n) is 5.24. The normalized spacial score (nSPS) is 15.2. The van der Waals surface area contributed by atoms with E-state index in [1.165, 1.54) is 5.56 Å². The fraction of sp³-hybridized carbons (Fsp3) is 0.261. The van der Waals surface area contributed by atoms with Crippen LogP contribution >= 0.6 is 0 Å². The molecule has 1 aliphatic rings. The van der Waals surface area contributed by atoms with Crippen LogP contribution in [-0.4, -0.2) is 46.9 Å². The lowest BCUT2D eigenvalue weighted by Crippen LogP contribution is -2.35. The molecule has 0 atom stereocenters. The first-order chi connectivity index (χ1) is 13.7. The predicted octanol–water partition coefficient (Wildman–Crippen LogP) is 3.45. The number of carbonyl (C=O) groups excluding carboxylic acids is 1. The first kappa shape index (κ1) is 18.1. The maximum absolute atomic E-state index is 13.1. The van der Waals surface area contributed by atoms with E-state index in [1.807, 2.05) is 59.5 Å². The van der Waals surface area contributed by atoms with Crippen LogP contribution in [0.15, 0.2) is 60.8 Å². The van der Waals surface area contributed by atoms with Crippen molar-refractivity contribution in [2.24, 2.45) is 0 Å². The van der Waals surface area contributed by atoms with Gasteiger partial charge < -0.3 is 4.90 Å². The highest BCUT2D eigenvalue weighted by Crippen LogP contribution is 2.19. The van der Waals surface area contributed by atoms with Crippen molar-refractivity contribution in [1.82, 2.24) is 14.8 Å². The van der Waals surface area contributed by atoms with Gasteiger partial charge in [0.2, 0.25) is 0 Å². The molecule has 28 heavy (non-hydrogen) atoms. The summed E-state index contributed by atoms with van der Waals surface area (Å²) in [5.74, 6) is 0.0111. The van der Waals surface area contributed by atoms with Gasteiger partial charge in [-0.3, -0.25) is 14.7 Å². The molecule has 140 valence electrons. The SMILES string of the molecule is N#Cc1ccc(CN2CCCN(C(=O)c3nccc4ccccc34)CC2)cc1. The predicted molar refractivity (Wildman–Crippen MR) is 109 cm³/mol. The molecule has 3 aromatic rings. The van der Waals surface area contributed by atoms with Crippen molar-refractivity contribution in [3.05, 3.63) is 77.6 Å². The van der Waals surface area contributed by atoms with Crippen molar-refractivity contribution in [2.75, 3.05) is 26.2 Å². The highest BCUT2D eigenvalue weighted by molar-refractivity contribution is 6.05. The van der Waals surface area contributed by atoms with Crippen LogP contribution in [0.1, 0.15) is 28.0 Å². The quantitative estimate of drug-likeness (QED) is 0.708. The fourth-order valence-corrected chi connectivity index (χ4v) is 3.71. The van der Waals surface area contributed by atoms with Crippen molar-refractivity contribution in [3.8, 4) is 6.07 Å². The van der Waals surface area contributed by atoms with E-state index < -0.39 is 0 Å². The molecular weight excluding hydrogens is 348 g/mol. The molecule has 1 aromatic heterocycles. The molecule has 0 aliphatic carbocycles. The Labute approximate surface area is 164 Å². The minimum atomic E-state index is 0.0111. The van der Waals surface area contributed by atoms with Crippen molar-refractivity contribution < 1.29 is 4.79 Å². The molecule has 1 amide bonds. The second-order valence-electron chi connectivity index (χ2n) is 7.11. The highest BCUT2D eigenvalue weighted by Gasteiger charge is 2.22. The zero-order valence-corrected chi connectivity index (χ0v) is 15.7. The average Bonchev–Trinajstić information content (AvgIpc) is 2.99. The van der Waals surface area contributed by atoms with Gasteiger partial charge in [-0.05, 0) is 35.6 Å². The Kier molecular flexibility index (Phi) is 5.31. The van der Waals surface area contributed by atoms with Crippen LogP contribution in [0.25, 0.3) is 10.8 Å². The van der Waals surface area contributed by atoms with Crippen molar-refractivity contribution >= 4 is 16.7 Å². The number of fused-ring (bicyclic) bond motifs is 1. The zero-order chi connectivity index (χ0) is 19.3. The van der Waals surface area contributed by atoms with E-state index in [-0.39, 0.29) is 5.91 Å². The third kappa shape index (κ3) is 3.88. The molecule has 4 rings (SSSR count). The molecule has 2 heterocycles. The topological polar surface area (TPSA) is 60.2 Å². The van der Waals surface area contributed by atoms with Crippen molar-refractivity contribution in [2.45, 2.75) is 13.0 Å². The zero-order valence-electron chi connectivity index (χ0n) is 15.7. The molecule has 0 bridgehead atoms. The minimum Gasteiger partial charge on any atom is -0.336 e. The molecule has 5 nitrogen and oxygen atoms in total. The van der Waals surface area contributed by atoms with Gasteiger partial charge >= 0.3 is 0 Å². The second-order valence-corrected chi connectivity index (χ2v) is 7.11. The number of rotatable bonds is 3. The first-order valence-electron chi connectivity index (χ1n) is 9.59. The molecule has 0 N–H and O–H groups in total. The Morgan fingerprint density at radius 1 is 1.00 bits per heavy atom. The number of nitrogens with zero attached hydrogens (tertiary/aromatic N) is 4.